The molecule has 1 atom stereocenters. The summed E-state index contributed by atoms with van der Waals surface area (Å²) < 4.78 is 0. The summed E-state index contributed by atoms with van der Waals surface area (Å²) in [6.07, 6.45) is 0. The molecule has 4 heteroatoms. The molecule has 0 heterocycles. The smallest absolute Gasteiger partial charge is 0.267 e. The fraction of sp³-hybridized carbons (Fsp3) is 0.750. The third-order valence-electron chi connectivity index (χ3n) is 2.47. The average Bonchev–Trinajstić information content (AvgIpc) is 2.14. The number of amides is 1. The van der Waals surface area contributed by atoms with Crippen LogP contribution >= 0.6 is 0 Å². The van der Waals surface area contributed by atoms with Gasteiger partial charge in [-0.3, -0.25) is 4.79 Å². The van der Waals surface area contributed by atoms with Crippen LogP contribution in [0.2, 0.25) is 0 Å². The van der Waals surface area contributed by atoms with Gasteiger partial charge in [-0.25, -0.2) is 0 Å². The lowest BCUT2D eigenvalue weighted by Gasteiger charge is -2.25. The Morgan fingerprint density at radius 3 is 2.12 bits per heavy atom. The molecule has 0 aromatic carbocycles. The summed E-state index contributed by atoms with van der Waals surface area (Å²) in [5.41, 5.74) is 6.87. The van der Waals surface area contributed by atoms with Gasteiger partial charge in [0, 0.05) is 12.6 Å². The highest BCUT2D eigenvalue weighted by molar-refractivity contribution is 5.93. The Morgan fingerprint density at radius 1 is 1.31 bits per heavy atom. The maximum Gasteiger partial charge on any atom is 0.267 e. The molecule has 16 heavy (non-hydrogen) atoms. The molecule has 0 aliphatic heterocycles. The van der Waals surface area contributed by atoms with Crippen LogP contribution in [0.5, 0.6) is 0 Å². The number of nitrogens with two attached hydrogens (primary N) is 1. The van der Waals surface area contributed by atoms with Crippen molar-refractivity contribution in [2.75, 3.05) is 20.6 Å². The van der Waals surface area contributed by atoms with Crippen LogP contribution in [0.3, 0.4) is 0 Å². The molecule has 1 amide bonds. The van der Waals surface area contributed by atoms with Crippen molar-refractivity contribution in [1.29, 1.82) is 0 Å². The van der Waals surface area contributed by atoms with E-state index < -0.39 is 0 Å². The number of hydrogen-bond donors (Lipinski definition) is 2. The van der Waals surface area contributed by atoms with E-state index in [9.17, 15) is 4.79 Å². The summed E-state index contributed by atoms with van der Waals surface area (Å²) in [6.45, 7) is 8.68. The third kappa shape index (κ3) is 5.16. The second-order valence-electron chi connectivity index (χ2n) is 5.00. The molecule has 0 fully saturated rings. The molecule has 0 spiro atoms. The van der Waals surface area contributed by atoms with Crippen molar-refractivity contribution in [3.05, 3.63) is 11.3 Å². The zero-order valence-corrected chi connectivity index (χ0v) is 11.3. The lowest BCUT2D eigenvalue weighted by molar-refractivity contribution is -0.118. The normalized spacial score (nSPS) is 12.8. The number of nitrogens with zero attached hydrogens (tertiary/aromatic N) is 1. The van der Waals surface area contributed by atoms with Crippen molar-refractivity contribution in [1.82, 2.24) is 10.2 Å². The number of carbonyl (C=O) groups is 1. The minimum Gasteiger partial charge on any atom is -0.394 e. The van der Waals surface area contributed by atoms with Gasteiger partial charge in [-0.05, 0) is 39.4 Å². The maximum absolute atomic E-state index is 11.8. The Morgan fingerprint density at radius 2 is 1.81 bits per heavy atom. The summed E-state index contributed by atoms with van der Waals surface area (Å²) in [5.74, 6) is 0.219. The van der Waals surface area contributed by atoms with E-state index in [1.807, 2.05) is 27.9 Å². The van der Waals surface area contributed by atoms with Gasteiger partial charge in [0.1, 0.15) is 0 Å². The number of rotatable bonds is 5. The Bertz CT molecular complexity index is 265. The first kappa shape index (κ1) is 15.0. The molecule has 94 valence electrons. The van der Waals surface area contributed by atoms with Gasteiger partial charge < -0.3 is 16.0 Å². The van der Waals surface area contributed by atoms with E-state index in [0.717, 1.165) is 12.1 Å². The standard InChI is InChI=1S/C12H25N3O/c1-8(2)10(7-15(5)6)14-12(16)11(13)9(3)4/h8,10H,7,13H2,1-6H3,(H,14,16)/t10-/m1/s1. The third-order valence-corrected chi connectivity index (χ3v) is 2.47. The monoisotopic (exact) mass is 227 g/mol. The van der Waals surface area contributed by atoms with Gasteiger partial charge in [-0.15, -0.1) is 0 Å². The molecule has 0 saturated heterocycles. The fourth-order valence-corrected chi connectivity index (χ4v) is 1.29. The minimum absolute atomic E-state index is 0.125. The van der Waals surface area contributed by atoms with E-state index in [-0.39, 0.29) is 11.9 Å². The molecule has 0 aliphatic rings. The SMILES string of the molecule is CC(C)=C(N)C(=O)N[C@H](CN(C)C)C(C)C. The summed E-state index contributed by atoms with van der Waals surface area (Å²) in [6, 6.07) is 0.125. The largest absolute Gasteiger partial charge is 0.394 e. The zero-order chi connectivity index (χ0) is 12.9. The Balaban J connectivity index is 4.53. The number of likely N-dealkylation sites (N-methyl/N-ethyl adjacent to an activating group) is 1. The Hall–Kier alpha value is -1.03. The first-order valence-electron chi connectivity index (χ1n) is 5.64. The zero-order valence-electron chi connectivity index (χ0n) is 11.3. The highest BCUT2D eigenvalue weighted by Crippen LogP contribution is 2.04. The van der Waals surface area contributed by atoms with Crippen LogP contribution in [0.1, 0.15) is 27.7 Å². The Kier molecular flexibility index (Phi) is 6.11. The van der Waals surface area contributed by atoms with Crippen molar-refractivity contribution in [2.45, 2.75) is 33.7 Å². The second kappa shape index (κ2) is 6.53. The predicted octanol–water partition coefficient (Wildman–Crippen LogP) is 0.941. The van der Waals surface area contributed by atoms with Gasteiger partial charge >= 0.3 is 0 Å². The van der Waals surface area contributed by atoms with Crippen molar-refractivity contribution in [3.8, 4) is 0 Å². The number of carbonyl (C=O) groups excluding carboxylic acids is 1. The number of allylic oxidation sites excluding steroid dienone is 1. The van der Waals surface area contributed by atoms with Crippen molar-refractivity contribution < 1.29 is 4.79 Å². The molecule has 0 rings (SSSR count). The molecule has 0 unspecified atom stereocenters. The van der Waals surface area contributed by atoms with E-state index in [1.54, 1.807) is 0 Å². The molecule has 0 bridgehead atoms. The van der Waals surface area contributed by atoms with Crippen molar-refractivity contribution >= 4 is 5.91 Å². The average molecular weight is 227 g/mol. The maximum atomic E-state index is 11.8. The van der Waals surface area contributed by atoms with E-state index >= 15 is 0 Å². The molecular formula is C12H25N3O. The topological polar surface area (TPSA) is 58.4 Å². The van der Waals surface area contributed by atoms with Gasteiger partial charge in [0.15, 0.2) is 0 Å². The molecule has 0 radical (unpaired) electrons. The van der Waals surface area contributed by atoms with Crippen LogP contribution in [-0.2, 0) is 4.79 Å². The van der Waals surface area contributed by atoms with Gasteiger partial charge in [-0.2, -0.15) is 0 Å². The summed E-state index contributed by atoms with van der Waals surface area (Å²) >= 11 is 0. The van der Waals surface area contributed by atoms with Gasteiger partial charge in [-0.1, -0.05) is 13.8 Å². The van der Waals surface area contributed by atoms with Crippen LogP contribution in [-0.4, -0.2) is 37.5 Å². The van der Waals surface area contributed by atoms with Crippen LogP contribution in [0, 0.1) is 5.92 Å². The molecule has 3 N–H and O–H groups in total. The quantitative estimate of drug-likeness (QED) is 0.687. The second-order valence-corrected chi connectivity index (χ2v) is 5.00. The Labute approximate surface area is 98.9 Å². The molecule has 4 nitrogen and oxygen atoms in total. The van der Waals surface area contributed by atoms with E-state index in [1.165, 1.54) is 0 Å². The lowest BCUT2D eigenvalue weighted by Crippen LogP contribution is -2.46. The highest BCUT2D eigenvalue weighted by Gasteiger charge is 2.18. The molecule has 0 saturated carbocycles. The molecule has 0 aromatic rings. The van der Waals surface area contributed by atoms with Crippen LogP contribution in [0.25, 0.3) is 0 Å². The van der Waals surface area contributed by atoms with Crippen LogP contribution in [0.4, 0.5) is 0 Å². The fourth-order valence-electron chi connectivity index (χ4n) is 1.29. The first-order valence-corrected chi connectivity index (χ1v) is 5.64. The predicted molar refractivity (Wildman–Crippen MR) is 67.9 cm³/mol. The van der Waals surface area contributed by atoms with Crippen molar-refractivity contribution in [3.63, 3.8) is 0 Å². The van der Waals surface area contributed by atoms with E-state index in [2.05, 4.69) is 24.1 Å². The van der Waals surface area contributed by atoms with Gasteiger partial charge in [0.2, 0.25) is 0 Å². The summed E-state index contributed by atoms with van der Waals surface area (Å²) in [5, 5.41) is 2.97. The molecule has 0 aromatic heterocycles. The minimum atomic E-state index is -0.166. The highest BCUT2D eigenvalue weighted by atomic mass is 16.2. The van der Waals surface area contributed by atoms with Gasteiger partial charge in [0.25, 0.3) is 5.91 Å². The molecular weight excluding hydrogens is 202 g/mol. The first-order chi connectivity index (χ1) is 7.25. The number of nitrogens with one attached hydrogen (secondary N) is 1. The van der Waals surface area contributed by atoms with Gasteiger partial charge in [0.05, 0.1) is 5.70 Å². The lowest BCUT2D eigenvalue weighted by atomic mass is 10.0. The van der Waals surface area contributed by atoms with Crippen molar-refractivity contribution in [2.24, 2.45) is 11.7 Å². The van der Waals surface area contributed by atoms with Crippen LogP contribution < -0.4 is 11.1 Å². The van der Waals surface area contributed by atoms with E-state index in [0.29, 0.717) is 11.6 Å². The van der Waals surface area contributed by atoms with E-state index in [4.69, 9.17) is 5.73 Å². The van der Waals surface area contributed by atoms with Crippen LogP contribution in [0.15, 0.2) is 11.3 Å². The summed E-state index contributed by atoms with van der Waals surface area (Å²) in [4.78, 5) is 13.8. The molecule has 0 aliphatic carbocycles. The summed E-state index contributed by atoms with van der Waals surface area (Å²) in [7, 11) is 3.98. The number of hydrogen-bond acceptors (Lipinski definition) is 3.